The van der Waals surface area contributed by atoms with Crippen molar-refractivity contribution in [1.82, 2.24) is 19.5 Å². The third-order valence-corrected chi connectivity index (χ3v) is 9.63. The SMILES string of the molecule is CC/C=C(/COP(=O)(O)CP(=O)(O)O)[C@@H](O)[C@H](F)[C@@H](O)n1cnc2c(N3Cc4ccccc4C3)nc(Cl)nc21. The number of anilines is 1. The summed E-state index contributed by atoms with van der Waals surface area (Å²) in [7, 11) is -9.64. The first kappa shape index (κ1) is 29.7. The summed E-state index contributed by atoms with van der Waals surface area (Å²) in [4.78, 5) is 42.2. The lowest BCUT2D eigenvalue weighted by atomic mass is 10.0. The summed E-state index contributed by atoms with van der Waals surface area (Å²) in [6.07, 6.45) is -3.72. The van der Waals surface area contributed by atoms with Crippen LogP contribution in [0.5, 0.6) is 0 Å². The number of alkyl halides is 1. The molecule has 5 N–H and O–H groups in total. The van der Waals surface area contributed by atoms with Crippen LogP contribution in [0.3, 0.4) is 0 Å². The van der Waals surface area contributed by atoms with E-state index in [4.69, 9.17) is 25.9 Å². The Morgan fingerprint density at radius 2 is 1.82 bits per heavy atom. The van der Waals surface area contributed by atoms with Crippen molar-refractivity contribution in [1.29, 1.82) is 0 Å². The number of aliphatic hydroxyl groups is 2. The minimum atomic E-state index is -4.88. The molecule has 3 heterocycles. The fourth-order valence-electron chi connectivity index (χ4n) is 4.27. The van der Waals surface area contributed by atoms with Crippen molar-refractivity contribution >= 4 is 43.8 Å². The van der Waals surface area contributed by atoms with Crippen LogP contribution in [-0.2, 0) is 26.7 Å². The highest BCUT2D eigenvalue weighted by Crippen LogP contribution is 2.55. The van der Waals surface area contributed by atoms with Gasteiger partial charge in [-0.2, -0.15) is 9.97 Å². The Kier molecular flexibility index (Phi) is 8.92. The molecular weight excluding hydrogens is 579 g/mol. The quantitative estimate of drug-likeness (QED) is 0.122. The molecule has 0 amide bonds. The first-order chi connectivity index (χ1) is 18.3. The number of benzene rings is 1. The van der Waals surface area contributed by atoms with E-state index in [9.17, 15) is 24.2 Å². The minimum Gasteiger partial charge on any atom is -0.385 e. The molecule has 1 aliphatic rings. The summed E-state index contributed by atoms with van der Waals surface area (Å²) in [5.41, 5.74) is 2.24. The largest absolute Gasteiger partial charge is 0.385 e. The van der Waals surface area contributed by atoms with Gasteiger partial charge >= 0.3 is 15.2 Å². The Morgan fingerprint density at radius 3 is 2.41 bits per heavy atom. The van der Waals surface area contributed by atoms with Crippen LogP contribution in [-0.4, -0.2) is 69.2 Å². The van der Waals surface area contributed by atoms with Crippen molar-refractivity contribution in [2.24, 2.45) is 0 Å². The molecule has 4 atom stereocenters. The molecule has 17 heteroatoms. The van der Waals surface area contributed by atoms with Crippen LogP contribution in [0.4, 0.5) is 10.2 Å². The summed E-state index contributed by atoms with van der Waals surface area (Å²) >= 11 is 6.16. The zero-order valence-corrected chi connectivity index (χ0v) is 23.1. The molecule has 0 radical (unpaired) electrons. The van der Waals surface area contributed by atoms with E-state index in [2.05, 4.69) is 15.0 Å². The van der Waals surface area contributed by atoms with Crippen LogP contribution in [0, 0.1) is 0 Å². The molecular formula is C22H27ClFN5O8P2. The van der Waals surface area contributed by atoms with Gasteiger partial charge in [0.1, 0.15) is 6.10 Å². The zero-order valence-electron chi connectivity index (χ0n) is 20.6. The van der Waals surface area contributed by atoms with Gasteiger partial charge in [0, 0.05) is 13.1 Å². The average molecular weight is 606 g/mol. The Balaban J connectivity index is 1.56. The van der Waals surface area contributed by atoms with Gasteiger partial charge in [-0.1, -0.05) is 37.3 Å². The van der Waals surface area contributed by atoms with Gasteiger partial charge in [0.25, 0.3) is 0 Å². The number of aliphatic hydroxyl groups excluding tert-OH is 2. The van der Waals surface area contributed by atoms with E-state index >= 15 is 4.39 Å². The Bertz CT molecular complexity index is 1460. The van der Waals surface area contributed by atoms with Crippen molar-refractivity contribution in [3.63, 3.8) is 0 Å². The summed E-state index contributed by atoms with van der Waals surface area (Å²) in [5.74, 6) is -1.06. The highest BCUT2D eigenvalue weighted by Gasteiger charge is 2.35. The first-order valence-electron chi connectivity index (χ1n) is 11.7. The van der Waals surface area contributed by atoms with Gasteiger partial charge in [0.15, 0.2) is 35.3 Å². The van der Waals surface area contributed by atoms with E-state index < -0.39 is 46.2 Å². The van der Waals surface area contributed by atoms with Crippen LogP contribution in [0.2, 0.25) is 5.28 Å². The summed E-state index contributed by atoms with van der Waals surface area (Å²) in [6, 6.07) is 7.82. The third kappa shape index (κ3) is 6.91. The lowest BCUT2D eigenvalue weighted by molar-refractivity contribution is -0.0352. The molecule has 0 fully saturated rings. The van der Waals surface area contributed by atoms with Gasteiger partial charge in [-0.15, -0.1) is 0 Å². The molecule has 1 unspecified atom stereocenters. The Labute approximate surface area is 227 Å². The first-order valence-corrected chi connectivity index (χ1v) is 15.7. The maximum atomic E-state index is 15.4. The summed E-state index contributed by atoms with van der Waals surface area (Å²) < 4.78 is 44.2. The lowest BCUT2D eigenvalue weighted by Gasteiger charge is -2.25. The van der Waals surface area contributed by atoms with Crippen LogP contribution in [0.15, 0.2) is 42.2 Å². The predicted molar refractivity (Wildman–Crippen MR) is 140 cm³/mol. The summed E-state index contributed by atoms with van der Waals surface area (Å²) in [5, 5.41) is 21.3. The number of hydrogen-bond acceptors (Lipinski definition) is 9. The molecule has 0 aliphatic carbocycles. The Morgan fingerprint density at radius 1 is 1.18 bits per heavy atom. The maximum absolute atomic E-state index is 15.4. The van der Waals surface area contributed by atoms with Gasteiger partial charge in [-0.3, -0.25) is 13.7 Å². The molecule has 2 aromatic heterocycles. The number of imidazole rings is 1. The van der Waals surface area contributed by atoms with E-state index in [0.717, 1.165) is 22.0 Å². The predicted octanol–water partition coefficient (Wildman–Crippen LogP) is 2.86. The van der Waals surface area contributed by atoms with Crippen LogP contribution in [0.1, 0.15) is 30.7 Å². The van der Waals surface area contributed by atoms with Crippen LogP contribution in [0.25, 0.3) is 11.2 Å². The lowest BCUT2D eigenvalue weighted by Crippen LogP contribution is -2.34. The number of allylic oxidation sites excluding steroid dienone is 1. The minimum absolute atomic E-state index is 0.0158. The molecule has 0 saturated carbocycles. The standard InChI is InChI=1S/C22H27ClFN5O8P2/c1-2-5-15(10-37-39(35,36)12-38(32,33)34)18(30)16(24)21(31)29-11-25-17-19(26-22(23)27-20(17)29)28-8-13-6-3-4-7-14(13)9-28/h3-7,11,16,18,21,30-31H,2,8-10,12H2,1H3,(H,35,36)(H2,32,33,34)/b15-5-/t16-,18+,21+/m0/s1. The second-order valence-corrected chi connectivity index (χ2v) is 13.3. The van der Waals surface area contributed by atoms with E-state index in [-0.39, 0.29) is 28.4 Å². The van der Waals surface area contributed by atoms with Crippen molar-refractivity contribution in [2.45, 2.75) is 44.9 Å². The molecule has 0 spiro atoms. The molecule has 13 nitrogen and oxygen atoms in total. The number of hydrogen-bond donors (Lipinski definition) is 5. The van der Waals surface area contributed by atoms with Crippen molar-refractivity contribution in [2.75, 3.05) is 17.4 Å². The molecule has 0 saturated heterocycles. The van der Waals surface area contributed by atoms with Crippen molar-refractivity contribution < 1.29 is 42.9 Å². The number of nitrogens with zero attached hydrogens (tertiary/aromatic N) is 5. The topological polar surface area (TPSA) is 191 Å². The monoisotopic (exact) mass is 605 g/mol. The number of aromatic nitrogens is 4. The maximum Gasteiger partial charge on any atom is 0.340 e. The molecule has 0 bridgehead atoms. The number of fused-ring (bicyclic) bond motifs is 2. The molecule has 39 heavy (non-hydrogen) atoms. The van der Waals surface area contributed by atoms with E-state index in [0.29, 0.717) is 18.9 Å². The number of rotatable bonds is 11. The fourth-order valence-corrected chi connectivity index (χ4v) is 6.97. The average Bonchev–Trinajstić information content (AvgIpc) is 3.47. The third-order valence-electron chi connectivity index (χ3n) is 6.03. The van der Waals surface area contributed by atoms with Crippen LogP contribution < -0.4 is 4.90 Å². The van der Waals surface area contributed by atoms with E-state index in [1.807, 2.05) is 29.2 Å². The van der Waals surface area contributed by atoms with Gasteiger partial charge in [0.2, 0.25) is 5.28 Å². The van der Waals surface area contributed by atoms with Gasteiger partial charge in [0.05, 0.1) is 12.9 Å². The van der Waals surface area contributed by atoms with Gasteiger partial charge in [-0.05, 0) is 34.7 Å². The second-order valence-electron chi connectivity index (χ2n) is 8.97. The highest BCUT2D eigenvalue weighted by atomic mass is 35.5. The molecule has 3 aromatic rings. The van der Waals surface area contributed by atoms with Crippen molar-refractivity contribution in [3.05, 3.63) is 58.7 Å². The van der Waals surface area contributed by atoms with E-state index in [1.54, 1.807) is 6.92 Å². The highest BCUT2D eigenvalue weighted by molar-refractivity contribution is 7.70. The van der Waals surface area contributed by atoms with Crippen LogP contribution >= 0.6 is 26.8 Å². The fraction of sp³-hybridized carbons (Fsp3) is 0.409. The second kappa shape index (κ2) is 11.7. The molecule has 212 valence electrons. The van der Waals surface area contributed by atoms with E-state index in [1.165, 1.54) is 6.08 Å². The van der Waals surface area contributed by atoms with Gasteiger partial charge < -0.3 is 34.3 Å². The summed E-state index contributed by atoms with van der Waals surface area (Å²) in [6.45, 7) is 1.89. The Hall–Kier alpha value is -2.25. The molecule has 1 aliphatic heterocycles. The molecule has 1 aromatic carbocycles. The smallest absolute Gasteiger partial charge is 0.340 e. The number of halogens is 2. The zero-order chi connectivity index (χ0) is 28.5. The normalized spacial score (nSPS) is 18.2. The van der Waals surface area contributed by atoms with Gasteiger partial charge in [-0.25, -0.2) is 9.37 Å². The van der Waals surface area contributed by atoms with Crippen molar-refractivity contribution in [3.8, 4) is 0 Å². The molecule has 4 rings (SSSR count).